The van der Waals surface area contributed by atoms with Crippen LogP contribution in [-0.2, 0) is 14.8 Å². The Labute approximate surface area is 182 Å². The number of amides is 1. The van der Waals surface area contributed by atoms with Gasteiger partial charge in [-0.05, 0) is 56.0 Å². The molecule has 2 aromatic heterocycles. The van der Waals surface area contributed by atoms with Crippen molar-refractivity contribution in [3.63, 3.8) is 0 Å². The molecule has 0 radical (unpaired) electrons. The van der Waals surface area contributed by atoms with Crippen molar-refractivity contribution in [2.75, 3.05) is 18.4 Å². The van der Waals surface area contributed by atoms with Gasteiger partial charge in [-0.2, -0.15) is 4.31 Å². The molecule has 1 saturated heterocycles. The maximum Gasteiger partial charge on any atom is 0.252 e. The number of sulfonamides is 1. The summed E-state index contributed by atoms with van der Waals surface area (Å²) in [5, 5.41) is 3.51. The van der Waals surface area contributed by atoms with Crippen molar-refractivity contribution in [3.05, 3.63) is 39.7 Å². The minimum absolute atomic E-state index is 0.102. The SMILES string of the molecule is Cc1cc(C)c2nc(NC(=O)C3CCN(S(=O)(=O)c4ccc(Cl)s4)CC3)sc2c1. The van der Waals surface area contributed by atoms with Crippen molar-refractivity contribution < 1.29 is 13.2 Å². The zero-order valence-corrected chi connectivity index (χ0v) is 19.1. The van der Waals surface area contributed by atoms with E-state index in [0.717, 1.165) is 32.7 Å². The van der Waals surface area contributed by atoms with Crippen molar-refractivity contribution in [1.29, 1.82) is 0 Å². The number of carbonyl (C=O) groups excluding carboxylic acids is 1. The third kappa shape index (κ3) is 4.20. The first-order chi connectivity index (χ1) is 13.7. The summed E-state index contributed by atoms with van der Waals surface area (Å²) in [6.45, 7) is 4.68. The monoisotopic (exact) mass is 469 g/mol. The van der Waals surface area contributed by atoms with Gasteiger partial charge in [0.15, 0.2) is 5.13 Å². The largest absolute Gasteiger partial charge is 0.302 e. The first-order valence-electron chi connectivity index (χ1n) is 9.18. The zero-order chi connectivity index (χ0) is 20.8. The average molecular weight is 470 g/mol. The van der Waals surface area contributed by atoms with E-state index in [9.17, 15) is 13.2 Å². The summed E-state index contributed by atoms with van der Waals surface area (Å²) in [5.41, 5.74) is 3.16. The van der Waals surface area contributed by atoms with Gasteiger partial charge in [-0.25, -0.2) is 13.4 Å². The first-order valence-corrected chi connectivity index (χ1v) is 12.6. The molecule has 3 aromatic rings. The lowest BCUT2D eigenvalue weighted by atomic mass is 9.97. The maximum absolute atomic E-state index is 12.7. The topological polar surface area (TPSA) is 79.4 Å². The number of thiophene rings is 1. The molecular weight excluding hydrogens is 450 g/mol. The number of anilines is 1. The number of nitrogens with zero attached hydrogens (tertiary/aromatic N) is 2. The Balaban J connectivity index is 1.41. The number of nitrogens with one attached hydrogen (secondary N) is 1. The van der Waals surface area contributed by atoms with Crippen LogP contribution in [0, 0.1) is 19.8 Å². The fraction of sp³-hybridized carbons (Fsp3) is 0.368. The van der Waals surface area contributed by atoms with E-state index >= 15 is 0 Å². The predicted molar refractivity (Wildman–Crippen MR) is 119 cm³/mol. The standard InChI is InChI=1S/C19H20ClN3O3S3/c1-11-9-12(2)17-14(10-11)27-19(21-17)22-18(24)13-5-7-23(8-6-13)29(25,26)16-4-3-15(20)28-16/h3-4,9-10,13H,5-8H2,1-2H3,(H,21,22,24). The molecule has 0 unspecified atom stereocenters. The van der Waals surface area contributed by atoms with Crippen LogP contribution in [0.15, 0.2) is 28.5 Å². The molecule has 1 aliphatic rings. The molecule has 3 heterocycles. The third-order valence-electron chi connectivity index (χ3n) is 5.03. The van der Waals surface area contributed by atoms with Gasteiger partial charge in [0.25, 0.3) is 10.0 Å². The second-order valence-electron chi connectivity index (χ2n) is 7.17. The molecule has 0 saturated carbocycles. The van der Waals surface area contributed by atoms with Crippen molar-refractivity contribution in [2.24, 2.45) is 5.92 Å². The normalized spacial score (nSPS) is 16.4. The quantitative estimate of drug-likeness (QED) is 0.602. The summed E-state index contributed by atoms with van der Waals surface area (Å²) in [5.74, 6) is -0.335. The van der Waals surface area contributed by atoms with Crippen molar-refractivity contribution in [1.82, 2.24) is 9.29 Å². The van der Waals surface area contributed by atoms with Gasteiger partial charge in [0.05, 0.1) is 14.6 Å². The Morgan fingerprint density at radius 1 is 1.21 bits per heavy atom. The van der Waals surface area contributed by atoms with E-state index < -0.39 is 10.0 Å². The van der Waals surface area contributed by atoms with E-state index in [2.05, 4.69) is 22.4 Å². The molecule has 1 fully saturated rings. The van der Waals surface area contributed by atoms with Gasteiger partial charge in [0, 0.05) is 19.0 Å². The van der Waals surface area contributed by atoms with Crippen molar-refractivity contribution in [3.8, 4) is 0 Å². The van der Waals surface area contributed by atoms with Crippen molar-refractivity contribution >= 4 is 65.6 Å². The second-order valence-corrected chi connectivity index (χ2v) is 12.1. The third-order valence-corrected chi connectivity index (χ3v) is 9.54. The highest BCUT2D eigenvalue weighted by Gasteiger charge is 2.33. The molecule has 1 aliphatic heterocycles. The van der Waals surface area contributed by atoms with E-state index in [1.165, 1.54) is 21.7 Å². The number of aromatic nitrogens is 1. The van der Waals surface area contributed by atoms with Gasteiger partial charge in [0.1, 0.15) is 4.21 Å². The molecule has 4 rings (SSSR count). The van der Waals surface area contributed by atoms with Crippen LogP contribution in [0.5, 0.6) is 0 Å². The Hall–Kier alpha value is -1.52. The molecular formula is C19H20ClN3O3S3. The summed E-state index contributed by atoms with van der Waals surface area (Å²) in [6, 6.07) is 7.25. The smallest absolute Gasteiger partial charge is 0.252 e. The minimum Gasteiger partial charge on any atom is -0.302 e. The van der Waals surface area contributed by atoms with Crippen LogP contribution in [0.3, 0.4) is 0 Å². The molecule has 29 heavy (non-hydrogen) atoms. The molecule has 6 nitrogen and oxygen atoms in total. The van der Waals surface area contributed by atoms with E-state index in [1.807, 2.05) is 13.8 Å². The highest BCUT2D eigenvalue weighted by Crippen LogP contribution is 2.32. The lowest BCUT2D eigenvalue weighted by Crippen LogP contribution is -2.41. The number of thiazole rings is 1. The highest BCUT2D eigenvalue weighted by molar-refractivity contribution is 7.91. The number of rotatable bonds is 4. The van der Waals surface area contributed by atoms with Crippen LogP contribution < -0.4 is 5.32 Å². The number of piperidine rings is 1. The molecule has 0 spiro atoms. The summed E-state index contributed by atoms with van der Waals surface area (Å²) in [7, 11) is -3.55. The van der Waals surface area contributed by atoms with Crippen LogP contribution in [0.2, 0.25) is 4.34 Å². The second kappa shape index (κ2) is 7.96. The minimum atomic E-state index is -3.55. The molecule has 1 aromatic carbocycles. The molecule has 0 atom stereocenters. The number of carbonyl (C=O) groups is 1. The van der Waals surface area contributed by atoms with Crippen LogP contribution in [0.4, 0.5) is 5.13 Å². The summed E-state index contributed by atoms with van der Waals surface area (Å²) in [6.07, 6.45) is 0.959. The molecule has 0 aliphatic carbocycles. The van der Waals surface area contributed by atoms with Crippen LogP contribution in [0.1, 0.15) is 24.0 Å². The maximum atomic E-state index is 12.7. The predicted octanol–water partition coefficient (Wildman–Crippen LogP) is 4.67. The Morgan fingerprint density at radius 3 is 2.59 bits per heavy atom. The van der Waals surface area contributed by atoms with E-state index in [1.54, 1.807) is 6.07 Å². The lowest BCUT2D eigenvalue weighted by Gasteiger charge is -2.29. The average Bonchev–Trinajstić information content (AvgIpc) is 3.28. The molecule has 0 bridgehead atoms. The van der Waals surface area contributed by atoms with Gasteiger partial charge in [-0.15, -0.1) is 11.3 Å². The van der Waals surface area contributed by atoms with Gasteiger partial charge >= 0.3 is 0 Å². The zero-order valence-electron chi connectivity index (χ0n) is 15.9. The van der Waals surface area contributed by atoms with Crippen molar-refractivity contribution in [2.45, 2.75) is 30.9 Å². The highest BCUT2D eigenvalue weighted by atomic mass is 35.5. The number of halogens is 1. The Bertz CT molecular complexity index is 1180. The fourth-order valence-corrected chi connectivity index (χ4v) is 7.71. The molecule has 154 valence electrons. The van der Waals surface area contributed by atoms with E-state index in [0.29, 0.717) is 35.4 Å². The molecule has 1 N–H and O–H groups in total. The van der Waals surface area contributed by atoms with Gasteiger partial charge in [0.2, 0.25) is 5.91 Å². The number of aryl methyl sites for hydroxylation is 2. The summed E-state index contributed by atoms with van der Waals surface area (Å²) in [4.78, 5) is 17.3. The summed E-state index contributed by atoms with van der Waals surface area (Å²) >= 11 is 8.39. The van der Waals surface area contributed by atoms with Gasteiger partial charge < -0.3 is 5.32 Å². The van der Waals surface area contributed by atoms with E-state index in [-0.39, 0.29) is 16.0 Å². The summed E-state index contributed by atoms with van der Waals surface area (Å²) < 4.78 is 28.6. The van der Waals surface area contributed by atoms with E-state index in [4.69, 9.17) is 11.6 Å². The van der Waals surface area contributed by atoms with Gasteiger partial charge in [-0.3, -0.25) is 4.79 Å². The number of fused-ring (bicyclic) bond motifs is 1. The first kappa shape index (κ1) is 20.7. The van der Waals surface area contributed by atoms with Crippen LogP contribution in [0.25, 0.3) is 10.2 Å². The fourth-order valence-electron chi connectivity index (χ4n) is 3.55. The number of benzene rings is 1. The number of hydrogen-bond donors (Lipinski definition) is 1. The number of hydrogen-bond acceptors (Lipinski definition) is 6. The Morgan fingerprint density at radius 2 is 1.93 bits per heavy atom. The Kier molecular flexibility index (Phi) is 5.69. The van der Waals surface area contributed by atoms with Gasteiger partial charge in [-0.1, -0.05) is 29.0 Å². The molecule has 10 heteroatoms. The molecule has 1 amide bonds. The lowest BCUT2D eigenvalue weighted by molar-refractivity contribution is -0.120. The van der Waals surface area contributed by atoms with Crippen LogP contribution in [-0.4, -0.2) is 36.7 Å². The van der Waals surface area contributed by atoms with Crippen LogP contribution >= 0.6 is 34.3 Å².